The van der Waals surface area contributed by atoms with E-state index in [1.807, 2.05) is 23.6 Å². The number of thiophene rings is 1. The average molecular weight is 416 g/mol. The molecule has 2 aromatic rings. The van der Waals surface area contributed by atoms with Gasteiger partial charge in [0, 0.05) is 25.7 Å². The van der Waals surface area contributed by atoms with Crippen LogP contribution in [0.25, 0.3) is 0 Å². The topological polar surface area (TPSA) is 70.7 Å². The molecule has 2 N–H and O–H groups in total. The number of rotatable bonds is 8. The summed E-state index contributed by atoms with van der Waals surface area (Å²) in [7, 11) is 0. The van der Waals surface area contributed by atoms with Gasteiger partial charge in [-0.3, -0.25) is 14.5 Å². The Morgan fingerprint density at radius 2 is 1.86 bits per heavy atom. The second-order valence-electron chi connectivity index (χ2n) is 7.62. The molecule has 0 spiro atoms. The van der Waals surface area contributed by atoms with Crippen LogP contribution in [0.1, 0.15) is 40.3 Å². The fourth-order valence-electron chi connectivity index (χ4n) is 3.54. The lowest BCUT2D eigenvalue weighted by Crippen LogP contribution is -2.49. The van der Waals surface area contributed by atoms with E-state index in [0.717, 1.165) is 32.7 Å². The molecule has 2 amide bonds. The van der Waals surface area contributed by atoms with Crippen LogP contribution in [0.4, 0.5) is 5.69 Å². The third-order valence-corrected chi connectivity index (χ3v) is 5.84. The standard InChI is InChI=1S/C22H29N3O3S/c1-16(2)14-17(25-9-11-28-12-10-25)15-23-21(26)18-6-3-4-7-19(18)24-22(27)20-8-5-13-29-20/h3-8,13,16-17H,9-12,14-15H2,1-2H3,(H,23,26)(H,24,27). The monoisotopic (exact) mass is 415 g/mol. The van der Waals surface area contributed by atoms with Crippen LogP contribution in [-0.4, -0.2) is 55.6 Å². The van der Waals surface area contributed by atoms with Crippen molar-refractivity contribution in [3.05, 3.63) is 52.2 Å². The maximum atomic E-state index is 12.9. The summed E-state index contributed by atoms with van der Waals surface area (Å²) in [5.41, 5.74) is 0.998. The second-order valence-corrected chi connectivity index (χ2v) is 8.57. The number of para-hydroxylation sites is 1. The molecule has 1 aliphatic rings. The smallest absolute Gasteiger partial charge is 0.265 e. The van der Waals surface area contributed by atoms with Gasteiger partial charge in [-0.15, -0.1) is 11.3 Å². The van der Waals surface area contributed by atoms with Gasteiger partial charge in [-0.25, -0.2) is 0 Å². The zero-order valence-electron chi connectivity index (χ0n) is 17.0. The van der Waals surface area contributed by atoms with Crippen molar-refractivity contribution in [1.82, 2.24) is 10.2 Å². The number of ether oxygens (including phenoxy) is 1. The van der Waals surface area contributed by atoms with Crippen molar-refractivity contribution in [3.8, 4) is 0 Å². The molecule has 0 radical (unpaired) electrons. The third-order valence-electron chi connectivity index (χ3n) is 4.97. The average Bonchev–Trinajstić information content (AvgIpc) is 3.27. The lowest BCUT2D eigenvalue weighted by Gasteiger charge is -2.35. The molecule has 1 atom stereocenters. The maximum absolute atomic E-state index is 12.9. The third kappa shape index (κ3) is 6.13. The first kappa shape index (κ1) is 21.5. The summed E-state index contributed by atoms with van der Waals surface area (Å²) in [6.45, 7) is 8.22. The highest BCUT2D eigenvalue weighted by Crippen LogP contribution is 2.19. The highest BCUT2D eigenvalue weighted by Gasteiger charge is 2.23. The number of morpholine rings is 1. The Labute approximate surface area is 176 Å². The van der Waals surface area contributed by atoms with Crippen LogP contribution >= 0.6 is 11.3 Å². The molecule has 2 heterocycles. The summed E-state index contributed by atoms with van der Waals surface area (Å²) in [4.78, 5) is 28.3. The Balaban J connectivity index is 1.65. The molecule has 3 rings (SSSR count). The minimum absolute atomic E-state index is 0.172. The van der Waals surface area contributed by atoms with Crippen molar-refractivity contribution < 1.29 is 14.3 Å². The predicted molar refractivity (Wildman–Crippen MR) is 117 cm³/mol. The van der Waals surface area contributed by atoms with E-state index in [2.05, 4.69) is 29.4 Å². The number of carbonyl (C=O) groups is 2. The first-order chi connectivity index (χ1) is 14.0. The number of nitrogens with zero attached hydrogens (tertiary/aromatic N) is 1. The van der Waals surface area contributed by atoms with Crippen LogP contribution in [0.15, 0.2) is 41.8 Å². The van der Waals surface area contributed by atoms with E-state index < -0.39 is 0 Å². The number of nitrogens with one attached hydrogen (secondary N) is 2. The molecular formula is C22H29N3O3S. The summed E-state index contributed by atoms with van der Waals surface area (Å²) < 4.78 is 5.46. The highest BCUT2D eigenvalue weighted by atomic mass is 32.1. The summed E-state index contributed by atoms with van der Waals surface area (Å²) in [5.74, 6) is 0.164. The zero-order valence-corrected chi connectivity index (χ0v) is 17.8. The first-order valence-electron chi connectivity index (χ1n) is 10.1. The van der Waals surface area contributed by atoms with Gasteiger partial charge in [-0.1, -0.05) is 32.0 Å². The van der Waals surface area contributed by atoms with Gasteiger partial charge in [0.1, 0.15) is 0 Å². The van der Waals surface area contributed by atoms with Crippen LogP contribution < -0.4 is 10.6 Å². The molecule has 1 saturated heterocycles. The molecule has 1 aromatic carbocycles. The lowest BCUT2D eigenvalue weighted by molar-refractivity contribution is 0.0124. The Kier molecular flexibility index (Phi) is 7.80. The van der Waals surface area contributed by atoms with Gasteiger partial charge in [-0.05, 0) is 35.9 Å². The Hall–Kier alpha value is -2.22. The van der Waals surface area contributed by atoms with E-state index in [0.29, 0.717) is 28.6 Å². The van der Waals surface area contributed by atoms with Gasteiger partial charge >= 0.3 is 0 Å². The van der Waals surface area contributed by atoms with E-state index in [9.17, 15) is 9.59 Å². The van der Waals surface area contributed by atoms with Gasteiger partial charge in [0.15, 0.2) is 0 Å². The summed E-state index contributed by atoms with van der Waals surface area (Å²) in [5, 5.41) is 7.80. The van der Waals surface area contributed by atoms with Crippen LogP contribution in [-0.2, 0) is 4.74 Å². The normalized spacial score (nSPS) is 15.8. The first-order valence-corrected chi connectivity index (χ1v) is 11.0. The second kappa shape index (κ2) is 10.5. The molecule has 29 heavy (non-hydrogen) atoms. The van der Waals surface area contributed by atoms with E-state index in [1.54, 1.807) is 18.2 Å². The molecule has 1 unspecified atom stereocenters. The molecule has 6 nitrogen and oxygen atoms in total. The fourth-order valence-corrected chi connectivity index (χ4v) is 4.15. The number of carbonyl (C=O) groups excluding carboxylic acids is 2. The van der Waals surface area contributed by atoms with Crippen molar-refractivity contribution in [2.24, 2.45) is 5.92 Å². The minimum atomic E-state index is -0.203. The van der Waals surface area contributed by atoms with Gasteiger partial charge < -0.3 is 15.4 Å². The number of hydrogen-bond acceptors (Lipinski definition) is 5. The Morgan fingerprint density at radius 3 is 2.55 bits per heavy atom. The maximum Gasteiger partial charge on any atom is 0.265 e. The van der Waals surface area contributed by atoms with E-state index >= 15 is 0 Å². The number of anilines is 1. The van der Waals surface area contributed by atoms with Crippen LogP contribution in [0.2, 0.25) is 0 Å². The van der Waals surface area contributed by atoms with Crippen molar-refractivity contribution >= 4 is 28.8 Å². The zero-order chi connectivity index (χ0) is 20.6. The summed E-state index contributed by atoms with van der Waals surface area (Å²) in [6.07, 6.45) is 1.01. The van der Waals surface area contributed by atoms with Crippen molar-refractivity contribution in [2.45, 2.75) is 26.3 Å². The van der Waals surface area contributed by atoms with Crippen molar-refractivity contribution in [3.63, 3.8) is 0 Å². The summed E-state index contributed by atoms with van der Waals surface area (Å²) in [6, 6.07) is 11.0. The van der Waals surface area contributed by atoms with E-state index in [4.69, 9.17) is 4.74 Å². The van der Waals surface area contributed by atoms with Gasteiger partial charge in [0.25, 0.3) is 11.8 Å². The number of hydrogen-bond donors (Lipinski definition) is 2. The lowest BCUT2D eigenvalue weighted by atomic mass is 10.0. The minimum Gasteiger partial charge on any atom is -0.379 e. The van der Waals surface area contributed by atoms with Gasteiger partial charge in [0.05, 0.1) is 29.3 Å². The van der Waals surface area contributed by atoms with Crippen molar-refractivity contribution in [2.75, 3.05) is 38.2 Å². The van der Waals surface area contributed by atoms with Crippen LogP contribution in [0.5, 0.6) is 0 Å². The molecule has 1 aliphatic heterocycles. The number of benzene rings is 1. The van der Waals surface area contributed by atoms with E-state index in [-0.39, 0.29) is 17.9 Å². The molecule has 1 fully saturated rings. The summed E-state index contributed by atoms with van der Waals surface area (Å²) >= 11 is 1.37. The molecule has 0 saturated carbocycles. The molecular weight excluding hydrogens is 386 g/mol. The predicted octanol–water partition coefficient (Wildman–Crippen LogP) is 3.48. The van der Waals surface area contributed by atoms with E-state index in [1.165, 1.54) is 11.3 Å². The fraction of sp³-hybridized carbons (Fsp3) is 0.455. The Morgan fingerprint density at radius 1 is 1.10 bits per heavy atom. The van der Waals surface area contributed by atoms with Crippen LogP contribution in [0.3, 0.4) is 0 Å². The Bertz CT molecular complexity index is 801. The molecule has 0 aliphatic carbocycles. The van der Waals surface area contributed by atoms with Crippen molar-refractivity contribution in [1.29, 1.82) is 0 Å². The molecule has 156 valence electrons. The highest BCUT2D eigenvalue weighted by molar-refractivity contribution is 7.12. The molecule has 7 heteroatoms. The van der Waals surface area contributed by atoms with Gasteiger partial charge in [-0.2, -0.15) is 0 Å². The SMILES string of the molecule is CC(C)CC(CNC(=O)c1ccccc1NC(=O)c1cccs1)N1CCOCC1. The van der Waals surface area contributed by atoms with Crippen LogP contribution in [0, 0.1) is 5.92 Å². The van der Waals surface area contributed by atoms with Gasteiger partial charge in [0.2, 0.25) is 0 Å². The molecule has 0 bridgehead atoms. The molecule has 1 aromatic heterocycles. The number of amides is 2. The largest absolute Gasteiger partial charge is 0.379 e. The quantitative estimate of drug-likeness (QED) is 0.693.